The Kier molecular flexibility index (Phi) is 2.07. The highest BCUT2D eigenvalue weighted by atomic mass is 16.2. The van der Waals surface area contributed by atoms with Gasteiger partial charge in [-0.15, -0.1) is 0 Å². The largest absolute Gasteiger partial charge is 0.305 e. The molecular weight excluding hydrogens is 168 g/mol. The topological polar surface area (TPSA) is 58.2 Å². The Morgan fingerprint density at radius 1 is 1.54 bits per heavy atom. The van der Waals surface area contributed by atoms with Crippen LogP contribution in [0.15, 0.2) is 0 Å². The molecule has 1 heterocycles. The summed E-state index contributed by atoms with van der Waals surface area (Å²) >= 11 is 0. The number of nitrogens with one attached hydrogen (secondary N) is 2. The number of amides is 2. The molecule has 72 valence electrons. The third-order valence-corrected chi connectivity index (χ3v) is 2.87. The second-order valence-corrected chi connectivity index (χ2v) is 4.05. The fraction of sp³-hybridized carbons (Fsp3) is 0.778. The van der Waals surface area contributed by atoms with E-state index in [4.69, 9.17) is 0 Å². The van der Waals surface area contributed by atoms with Gasteiger partial charge in [0.15, 0.2) is 0 Å². The molecule has 1 aliphatic heterocycles. The Hall–Kier alpha value is -0.900. The minimum absolute atomic E-state index is 0.161. The summed E-state index contributed by atoms with van der Waals surface area (Å²) in [5.41, 5.74) is 0. The second-order valence-electron chi connectivity index (χ2n) is 4.05. The van der Waals surface area contributed by atoms with Crippen LogP contribution in [-0.4, -0.2) is 24.4 Å². The summed E-state index contributed by atoms with van der Waals surface area (Å²) in [7, 11) is 0. The molecule has 0 aromatic rings. The smallest absolute Gasteiger partial charge is 0.244 e. The first-order valence-electron chi connectivity index (χ1n) is 4.74. The molecule has 2 amide bonds. The van der Waals surface area contributed by atoms with Crippen molar-refractivity contribution in [2.75, 3.05) is 6.54 Å². The molecule has 0 radical (unpaired) electrons. The van der Waals surface area contributed by atoms with E-state index in [1.165, 1.54) is 6.42 Å². The first kappa shape index (κ1) is 8.69. The van der Waals surface area contributed by atoms with E-state index in [0.717, 1.165) is 12.5 Å². The van der Waals surface area contributed by atoms with E-state index in [2.05, 4.69) is 17.6 Å². The van der Waals surface area contributed by atoms with E-state index in [9.17, 15) is 9.59 Å². The molecule has 0 spiro atoms. The summed E-state index contributed by atoms with van der Waals surface area (Å²) in [5, 5.41) is 5.40. The maximum atomic E-state index is 11.1. The molecular formula is C9H14N2O2. The van der Waals surface area contributed by atoms with Gasteiger partial charge >= 0.3 is 0 Å². The summed E-state index contributed by atoms with van der Waals surface area (Å²) < 4.78 is 0. The molecule has 3 atom stereocenters. The predicted octanol–water partition coefficient (Wildman–Crippen LogP) is -0.353. The summed E-state index contributed by atoms with van der Waals surface area (Å²) in [6.07, 6.45) is 1.55. The molecule has 13 heavy (non-hydrogen) atoms. The minimum Gasteiger partial charge on any atom is -0.305 e. The van der Waals surface area contributed by atoms with E-state index in [0.29, 0.717) is 12.3 Å². The molecule has 1 aliphatic carbocycles. The molecule has 4 nitrogen and oxygen atoms in total. The third-order valence-electron chi connectivity index (χ3n) is 2.87. The Morgan fingerprint density at radius 3 is 2.69 bits per heavy atom. The van der Waals surface area contributed by atoms with Crippen LogP contribution in [0.1, 0.15) is 19.8 Å². The number of hydrogen-bond donors (Lipinski definition) is 2. The predicted molar refractivity (Wildman–Crippen MR) is 46.8 cm³/mol. The molecule has 4 heteroatoms. The van der Waals surface area contributed by atoms with Gasteiger partial charge in [-0.1, -0.05) is 6.92 Å². The number of imide groups is 1. The zero-order valence-electron chi connectivity index (χ0n) is 7.67. The van der Waals surface area contributed by atoms with Crippen LogP contribution in [-0.2, 0) is 9.59 Å². The minimum atomic E-state index is -0.278. The molecule has 0 aromatic heterocycles. The molecule has 3 unspecified atom stereocenters. The van der Waals surface area contributed by atoms with Gasteiger partial charge in [0.1, 0.15) is 0 Å². The van der Waals surface area contributed by atoms with Gasteiger partial charge in [-0.2, -0.15) is 0 Å². The van der Waals surface area contributed by atoms with Crippen LogP contribution < -0.4 is 10.6 Å². The Labute approximate surface area is 77.1 Å². The van der Waals surface area contributed by atoms with Gasteiger partial charge in [-0.25, -0.2) is 0 Å². The lowest BCUT2D eigenvalue weighted by Gasteiger charge is -2.07. The number of carbonyl (C=O) groups is 2. The van der Waals surface area contributed by atoms with Gasteiger partial charge in [0, 0.05) is 0 Å². The summed E-state index contributed by atoms with van der Waals surface area (Å²) in [6, 6.07) is -0.278. The first-order chi connectivity index (χ1) is 6.16. The van der Waals surface area contributed by atoms with E-state index >= 15 is 0 Å². The fourth-order valence-corrected chi connectivity index (χ4v) is 1.70. The van der Waals surface area contributed by atoms with Gasteiger partial charge < -0.3 is 5.32 Å². The summed E-state index contributed by atoms with van der Waals surface area (Å²) in [5.74, 6) is 1.17. The van der Waals surface area contributed by atoms with Crippen LogP contribution in [0, 0.1) is 11.8 Å². The van der Waals surface area contributed by atoms with Gasteiger partial charge in [0.2, 0.25) is 11.8 Å². The molecule has 1 saturated carbocycles. The second kappa shape index (κ2) is 3.10. The van der Waals surface area contributed by atoms with Crippen molar-refractivity contribution in [3.63, 3.8) is 0 Å². The van der Waals surface area contributed by atoms with Crippen LogP contribution in [0.3, 0.4) is 0 Å². The van der Waals surface area contributed by atoms with E-state index in [1.807, 2.05) is 0 Å². The zero-order chi connectivity index (χ0) is 9.42. The molecule has 1 saturated heterocycles. The van der Waals surface area contributed by atoms with Gasteiger partial charge in [0.25, 0.3) is 0 Å². The average Bonchev–Trinajstić information content (AvgIpc) is 2.65. The van der Waals surface area contributed by atoms with E-state index in [-0.39, 0.29) is 17.9 Å². The number of carbonyl (C=O) groups excluding carboxylic acids is 2. The van der Waals surface area contributed by atoms with Crippen LogP contribution in [0.2, 0.25) is 0 Å². The van der Waals surface area contributed by atoms with Crippen molar-refractivity contribution in [3.8, 4) is 0 Å². The Balaban J connectivity index is 1.75. The van der Waals surface area contributed by atoms with Crippen LogP contribution in [0.25, 0.3) is 0 Å². The SMILES string of the molecule is CC1CC1CNC1CC(=O)NC1=O. The van der Waals surface area contributed by atoms with Crippen molar-refractivity contribution in [1.29, 1.82) is 0 Å². The van der Waals surface area contributed by atoms with Crippen LogP contribution >= 0.6 is 0 Å². The molecule has 0 bridgehead atoms. The first-order valence-corrected chi connectivity index (χ1v) is 4.74. The van der Waals surface area contributed by atoms with Crippen molar-refractivity contribution in [2.24, 2.45) is 11.8 Å². The zero-order valence-corrected chi connectivity index (χ0v) is 7.67. The Morgan fingerprint density at radius 2 is 2.23 bits per heavy atom. The molecule has 2 aliphatic rings. The molecule has 0 aromatic carbocycles. The maximum Gasteiger partial charge on any atom is 0.244 e. The van der Waals surface area contributed by atoms with Gasteiger partial charge in [-0.05, 0) is 24.8 Å². The highest BCUT2D eigenvalue weighted by molar-refractivity contribution is 6.05. The van der Waals surface area contributed by atoms with E-state index in [1.54, 1.807) is 0 Å². The fourth-order valence-electron chi connectivity index (χ4n) is 1.70. The lowest BCUT2D eigenvalue weighted by Crippen LogP contribution is -2.37. The monoisotopic (exact) mass is 182 g/mol. The third kappa shape index (κ3) is 1.88. The lowest BCUT2D eigenvalue weighted by atomic mass is 10.2. The van der Waals surface area contributed by atoms with Crippen LogP contribution in [0.4, 0.5) is 0 Å². The highest BCUT2D eigenvalue weighted by Crippen LogP contribution is 2.36. The Bertz CT molecular complexity index is 252. The van der Waals surface area contributed by atoms with Gasteiger partial charge in [-0.3, -0.25) is 14.9 Å². The summed E-state index contributed by atoms with van der Waals surface area (Å²) in [6.45, 7) is 3.07. The quantitative estimate of drug-likeness (QED) is 0.586. The lowest BCUT2D eigenvalue weighted by molar-refractivity contribution is -0.125. The van der Waals surface area contributed by atoms with E-state index < -0.39 is 0 Å². The van der Waals surface area contributed by atoms with Crippen molar-refractivity contribution in [2.45, 2.75) is 25.8 Å². The van der Waals surface area contributed by atoms with Crippen molar-refractivity contribution in [3.05, 3.63) is 0 Å². The normalized spacial score (nSPS) is 37.8. The maximum absolute atomic E-state index is 11.1. The molecule has 2 N–H and O–H groups in total. The summed E-state index contributed by atoms with van der Waals surface area (Å²) in [4.78, 5) is 21.9. The van der Waals surface area contributed by atoms with Crippen LogP contribution in [0.5, 0.6) is 0 Å². The highest BCUT2D eigenvalue weighted by Gasteiger charge is 2.35. The molecule has 2 fully saturated rings. The van der Waals surface area contributed by atoms with Crippen molar-refractivity contribution >= 4 is 11.8 Å². The van der Waals surface area contributed by atoms with Gasteiger partial charge in [0.05, 0.1) is 12.5 Å². The number of hydrogen-bond acceptors (Lipinski definition) is 3. The average molecular weight is 182 g/mol. The van der Waals surface area contributed by atoms with Crippen molar-refractivity contribution in [1.82, 2.24) is 10.6 Å². The van der Waals surface area contributed by atoms with Crippen molar-refractivity contribution < 1.29 is 9.59 Å². The number of rotatable bonds is 3. The standard InChI is InChI=1S/C9H14N2O2/c1-5-2-6(5)4-10-7-3-8(12)11-9(7)13/h5-7,10H,2-4H2,1H3,(H,11,12,13). The molecule has 2 rings (SSSR count).